The summed E-state index contributed by atoms with van der Waals surface area (Å²) >= 11 is 3.03. The fourth-order valence-corrected chi connectivity index (χ4v) is 1.28. The zero-order valence-electron chi connectivity index (χ0n) is 6.44. The molecule has 0 amide bonds. The Bertz CT molecular complexity index is 291. The molecule has 0 aliphatic rings. The van der Waals surface area contributed by atoms with Gasteiger partial charge in [-0.25, -0.2) is 4.39 Å². The summed E-state index contributed by atoms with van der Waals surface area (Å²) in [6, 6.07) is 4.10. The summed E-state index contributed by atoms with van der Waals surface area (Å²) in [6.45, 7) is -3.00. The summed E-state index contributed by atoms with van der Waals surface area (Å²) in [7, 11) is 0. The van der Waals surface area contributed by atoms with Crippen LogP contribution in [0.4, 0.5) is 13.2 Å². The van der Waals surface area contributed by atoms with Crippen molar-refractivity contribution in [3.8, 4) is 5.75 Å². The topological polar surface area (TPSA) is 9.23 Å². The lowest BCUT2D eigenvalue weighted by Gasteiger charge is -2.07. The molecule has 0 fully saturated rings. The van der Waals surface area contributed by atoms with Crippen molar-refractivity contribution in [2.45, 2.75) is 11.9 Å². The maximum Gasteiger partial charge on any atom is 0.387 e. The molecule has 1 nitrogen and oxygen atoms in total. The molecule has 0 unspecified atom stereocenters. The number of alkyl halides is 3. The second-order valence-electron chi connectivity index (χ2n) is 2.24. The first-order valence-electron chi connectivity index (χ1n) is 3.43. The Morgan fingerprint density at radius 2 is 2.08 bits per heavy atom. The molecule has 5 heteroatoms. The number of hydrogen-bond donors (Lipinski definition) is 0. The van der Waals surface area contributed by atoms with E-state index >= 15 is 0 Å². The summed E-state index contributed by atoms with van der Waals surface area (Å²) in [5.74, 6) is -1.17. The van der Waals surface area contributed by atoms with E-state index in [0.717, 1.165) is 6.07 Å². The molecule has 1 aromatic carbocycles. The zero-order chi connectivity index (χ0) is 9.84. The Hall–Kier alpha value is -0.710. The van der Waals surface area contributed by atoms with Crippen molar-refractivity contribution in [1.29, 1.82) is 0 Å². The molecule has 13 heavy (non-hydrogen) atoms. The summed E-state index contributed by atoms with van der Waals surface area (Å²) in [4.78, 5) is 0. The van der Waals surface area contributed by atoms with E-state index in [4.69, 9.17) is 0 Å². The molecule has 0 saturated carbocycles. The first kappa shape index (κ1) is 10.4. The third-order valence-corrected chi connectivity index (χ3v) is 2.01. The van der Waals surface area contributed by atoms with E-state index in [2.05, 4.69) is 20.7 Å². The molecule has 0 atom stereocenters. The Kier molecular flexibility index (Phi) is 3.59. The molecule has 0 aromatic heterocycles. The smallest absolute Gasteiger partial charge is 0.387 e. The van der Waals surface area contributed by atoms with Gasteiger partial charge in [-0.05, 0) is 6.07 Å². The van der Waals surface area contributed by atoms with E-state index in [-0.39, 0.29) is 10.9 Å². The van der Waals surface area contributed by atoms with Gasteiger partial charge in [-0.1, -0.05) is 28.1 Å². The van der Waals surface area contributed by atoms with Crippen LogP contribution in [0.2, 0.25) is 0 Å². The van der Waals surface area contributed by atoms with Crippen LogP contribution in [-0.4, -0.2) is 6.61 Å². The highest BCUT2D eigenvalue weighted by Gasteiger charge is 2.11. The lowest BCUT2D eigenvalue weighted by atomic mass is 10.2. The van der Waals surface area contributed by atoms with E-state index in [1.54, 1.807) is 0 Å². The standard InChI is InChI=1S/C8H6BrF3O/c9-4-5-2-1-3-6(7(5)10)13-8(11)12/h1-3,8H,4H2. The molecular formula is C8H6BrF3O. The van der Waals surface area contributed by atoms with Crippen molar-refractivity contribution in [3.05, 3.63) is 29.6 Å². The summed E-state index contributed by atoms with van der Waals surface area (Å²) in [5, 5.41) is 0.263. The van der Waals surface area contributed by atoms with Gasteiger partial charge in [0.05, 0.1) is 0 Å². The summed E-state index contributed by atoms with van der Waals surface area (Å²) in [5.41, 5.74) is 0.290. The second kappa shape index (κ2) is 4.50. The number of halogens is 4. The number of benzene rings is 1. The molecule has 0 spiro atoms. The van der Waals surface area contributed by atoms with Gasteiger partial charge in [0.1, 0.15) is 0 Å². The SMILES string of the molecule is Fc1c(CBr)cccc1OC(F)F. The Morgan fingerprint density at radius 1 is 1.38 bits per heavy atom. The molecular weight excluding hydrogens is 249 g/mol. The van der Waals surface area contributed by atoms with Gasteiger partial charge in [-0.15, -0.1) is 0 Å². The Labute approximate surface area is 81.6 Å². The first-order valence-corrected chi connectivity index (χ1v) is 4.55. The maximum absolute atomic E-state index is 13.1. The van der Waals surface area contributed by atoms with Crippen LogP contribution in [0, 0.1) is 5.82 Å². The average molecular weight is 255 g/mol. The van der Waals surface area contributed by atoms with Crippen LogP contribution in [0.1, 0.15) is 5.56 Å². The third-order valence-electron chi connectivity index (χ3n) is 1.40. The van der Waals surface area contributed by atoms with Crippen molar-refractivity contribution in [1.82, 2.24) is 0 Å². The van der Waals surface area contributed by atoms with Gasteiger partial charge >= 0.3 is 6.61 Å². The molecule has 0 bridgehead atoms. The minimum Gasteiger partial charge on any atom is -0.432 e. The highest BCUT2D eigenvalue weighted by Crippen LogP contribution is 2.23. The first-order chi connectivity index (χ1) is 6.15. The third kappa shape index (κ3) is 2.62. The van der Waals surface area contributed by atoms with Crippen LogP contribution >= 0.6 is 15.9 Å². The predicted octanol–water partition coefficient (Wildman–Crippen LogP) is 3.32. The van der Waals surface area contributed by atoms with E-state index in [0.29, 0.717) is 0 Å². The van der Waals surface area contributed by atoms with Crippen molar-refractivity contribution >= 4 is 15.9 Å². The number of ether oxygens (including phenoxy) is 1. The van der Waals surface area contributed by atoms with Crippen LogP contribution in [0.15, 0.2) is 18.2 Å². The minimum atomic E-state index is -3.00. The Balaban J connectivity index is 2.94. The Morgan fingerprint density at radius 3 is 2.62 bits per heavy atom. The van der Waals surface area contributed by atoms with Crippen LogP contribution < -0.4 is 4.74 Å². The average Bonchev–Trinajstić information content (AvgIpc) is 2.08. The monoisotopic (exact) mass is 254 g/mol. The van der Waals surface area contributed by atoms with Crippen LogP contribution in [0.25, 0.3) is 0 Å². The number of hydrogen-bond acceptors (Lipinski definition) is 1. The molecule has 0 aliphatic carbocycles. The maximum atomic E-state index is 13.1. The zero-order valence-corrected chi connectivity index (χ0v) is 8.02. The molecule has 0 radical (unpaired) electrons. The fraction of sp³-hybridized carbons (Fsp3) is 0.250. The van der Waals surface area contributed by atoms with Gasteiger partial charge < -0.3 is 4.74 Å². The summed E-state index contributed by atoms with van der Waals surface area (Å²) < 4.78 is 40.6. The van der Waals surface area contributed by atoms with E-state index < -0.39 is 18.2 Å². The second-order valence-corrected chi connectivity index (χ2v) is 2.80. The highest BCUT2D eigenvalue weighted by atomic mass is 79.9. The lowest BCUT2D eigenvalue weighted by molar-refractivity contribution is -0.0522. The normalized spacial score (nSPS) is 10.5. The molecule has 0 saturated heterocycles. The van der Waals surface area contributed by atoms with Crippen LogP contribution in [-0.2, 0) is 5.33 Å². The van der Waals surface area contributed by atoms with Gasteiger partial charge in [0.15, 0.2) is 11.6 Å². The van der Waals surface area contributed by atoms with Crippen LogP contribution in [0.5, 0.6) is 5.75 Å². The van der Waals surface area contributed by atoms with Crippen molar-refractivity contribution in [3.63, 3.8) is 0 Å². The molecule has 72 valence electrons. The van der Waals surface area contributed by atoms with Gasteiger partial charge in [0, 0.05) is 10.9 Å². The van der Waals surface area contributed by atoms with Gasteiger partial charge in [-0.3, -0.25) is 0 Å². The minimum absolute atomic E-state index is 0.263. The van der Waals surface area contributed by atoms with Gasteiger partial charge in [0.2, 0.25) is 0 Å². The fourth-order valence-electron chi connectivity index (χ4n) is 0.846. The molecule has 1 aromatic rings. The van der Waals surface area contributed by atoms with Crippen molar-refractivity contribution in [2.24, 2.45) is 0 Å². The predicted molar refractivity (Wildman–Crippen MR) is 45.7 cm³/mol. The van der Waals surface area contributed by atoms with Crippen molar-refractivity contribution in [2.75, 3.05) is 0 Å². The molecule has 0 aliphatic heterocycles. The van der Waals surface area contributed by atoms with E-state index in [1.165, 1.54) is 12.1 Å². The molecule has 1 rings (SSSR count). The highest BCUT2D eigenvalue weighted by molar-refractivity contribution is 9.08. The summed E-state index contributed by atoms with van der Waals surface area (Å²) in [6.07, 6.45) is 0. The van der Waals surface area contributed by atoms with Crippen molar-refractivity contribution < 1.29 is 17.9 Å². The molecule has 0 heterocycles. The van der Waals surface area contributed by atoms with Crippen LogP contribution in [0.3, 0.4) is 0 Å². The van der Waals surface area contributed by atoms with E-state index in [1.807, 2.05) is 0 Å². The van der Waals surface area contributed by atoms with Gasteiger partial charge in [-0.2, -0.15) is 8.78 Å². The number of rotatable bonds is 3. The molecule has 0 N–H and O–H groups in total. The van der Waals surface area contributed by atoms with Gasteiger partial charge in [0.25, 0.3) is 0 Å². The van der Waals surface area contributed by atoms with E-state index in [9.17, 15) is 13.2 Å². The largest absolute Gasteiger partial charge is 0.432 e. The quantitative estimate of drug-likeness (QED) is 0.753. The lowest BCUT2D eigenvalue weighted by Crippen LogP contribution is -2.04.